The maximum atomic E-state index is 11.0. The van der Waals surface area contributed by atoms with Gasteiger partial charge in [-0.1, -0.05) is 30.7 Å². The lowest BCUT2D eigenvalue weighted by atomic mass is 9.70. The van der Waals surface area contributed by atoms with Gasteiger partial charge in [0.2, 0.25) is 0 Å². The smallest absolute Gasteiger partial charge is 0.304 e. The minimum Gasteiger partial charge on any atom is -0.481 e. The van der Waals surface area contributed by atoms with E-state index in [2.05, 4.69) is 0 Å². The van der Waals surface area contributed by atoms with Crippen molar-refractivity contribution in [2.45, 2.75) is 38.1 Å². The largest absolute Gasteiger partial charge is 0.481 e. The van der Waals surface area contributed by atoms with Crippen LogP contribution in [0.5, 0.6) is 0 Å². The lowest BCUT2D eigenvalue weighted by molar-refractivity contribution is -0.138. The van der Waals surface area contributed by atoms with E-state index in [1.807, 2.05) is 26.0 Å². The van der Waals surface area contributed by atoms with Gasteiger partial charge in [0.05, 0.1) is 6.42 Å². The highest BCUT2D eigenvalue weighted by atomic mass is 35.5. The number of benzene rings is 1. The Morgan fingerprint density at radius 3 is 2.65 bits per heavy atom. The molecule has 1 rings (SSSR count). The third-order valence-corrected chi connectivity index (χ3v) is 3.60. The molecule has 2 atom stereocenters. The number of carboxylic acids is 1. The summed E-state index contributed by atoms with van der Waals surface area (Å²) >= 11 is 5.96. The fourth-order valence-corrected chi connectivity index (χ4v) is 2.44. The second-order valence-electron chi connectivity index (χ2n) is 4.38. The van der Waals surface area contributed by atoms with Crippen LogP contribution in [-0.2, 0) is 10.2 Å². The van der Waals surface area contributed by atoms with Crippen LogP contribution in [0.3, 0.4) is 0 Å². The molecular formula is C13H18ClNO2. The number of aliphatic carboxylic acids is 1. The summed E-state index contributed by atoms with van der Waals surface area (Å²) in [6, 6.07) is 7.04. The van der Waals surface area contributed by atoms with Crippen LogP contribution in [0.4, 0.5) is 0 Å². The molecule has 0 amide bonds. The van der Waals surface area contributed by atoms with E-state index in [9.17, 15) is 4.79 Å². The summed E-state index contributed by atoms with van der Waals surface area (Å²) in [6.45, 7) is 3.79. The molecule has 3 nitrogen and oxygen atoms in total. The third-order valence-electron chi connectivity index (χ3n) is 3.37. The Kier molecular flexibility index (Phi) is 4.54. The lowest BCUT2D eigenvalue weighted by Crippen LogP contribution is -2.44. The van der Waals surface area contributed by atoms with Crippen molar-refractivity contribution < 1.29 is 9.90 Å². The van der Waals surface area contributed by atoms with E-state index >= 15 is 0 Å². The van der Waals surface area contributed by atoms with Gasteiger partial charge in [0.25, 0.3) is 0 Å². The molecule has 94 valence electrons. The van der Waals surface area contributed by atoms with E-state index in [0.717, 1.165) is 5.56 Å². The first-order chi connectivity index (χ1) is 7.92. The Balaban J connectivity index is 3.26. The standard InChI is InChI=1S/C13H18ClNO2/c1-3-13(9(2)15,8-12(16)17)10-5-4-6-11(14)7-10/h4-7,9H,3,8,15H2,1-2H3,(H,16,17). The van der Waals surface area contributed by atoms with Crippen molar-refractivity contribution in [2.75, 3.05) is 0 Å². The lowest BCUT2D eigenvalue weighted by Gasteiger charge is -2.36. The van der Waals surface area contributed by atoms with Crippen molar-refractivity contribution in [3.63, 3.8) is 0 Å². The first-order valence-electron chi connectivity index (χ1n) is 5.66. The van der Waals surface area contributed by atoms with E-state index in [-0.39, 0.29) is 12.5 Å². The molecule has 2 unspecified atom stereocenters. The Hall–Kier alpha value is -1.06. The number of hydrogen-bond acceptors (Lipinski definition) is 2. The minimum atomic E-state index is -0.843. The molecule has 0 spiro atoms. The summed E-state index contributed by atoms with van der Waals surface area (Å²) in [5, 5.41) is 9.67. The van der Waals surface area contributed by atoms with Gasteiger partial charge in [-0.25, -0.2) is 0 Å². The van der Waals surface area contributed by atoms with Gasteiger partial charge < -0.3 is 10.8 Å². The molecule has 0 aliphatic heterocycles. The van der Waals surface area contributed by atoms with Crippen LogP contribution in [0.1, 0.15) is 32.3 Å². The Morgan fingerprint density at radius 1 is 1.59 bits per heavy atom. The van der Waals surface area contributed by atoms with Crippen molar-refractivity contribution in [2.24, 2.45) is 5.73 Å². The molecule has 3 N–H and O–H groups in total. The third kappa shape index (κ3) is 2.99. The molecule has 0 heterocycles. The van der Waals surface area contributed by atoms with Crippen LogP contribution >= 0.6 is 11.6 Å². The first-order valence-corrected chi connectivity index (χ1v) is 6.03. The molecule has 0 radical (unpaired) electrons. The van der Waals surface area contributed by atoms with Crippen molar-refractivity contribution in [1.82, 2.24) is 0 Å². The van der Waals surface area contributed by atoms with Gasteiger partial charge in [-0.05, 0) is 31.0 Å². The van der Waals surface area contributed by atoms with Gasteiger partial charge in [0, 0.05) is 16.5 Å². The molecule has 0 aromatic heterocycles. The molecular weight excluding hydrogens is 238 g/mol. The fourth-order valence-electron chi connectivity index (χ4n) is 2.25. The Labute approximate surface area is 107 Å². The molecule has 0 bridgehead atoms. The number of hydrogen-bond donors (Lipinski definition) is 2. The highest BCUT2D eigenvalue weighted by molar-refractivity contribution is 6.30. The predicted molar refractivity (Wildman–Crippen MR) is 69.3 cm³/mol. The number of carbonyl (C=O) groups is 1. The molecule has 0 aliphatic rings. The zero-order chi connectivity index (χ0) is 13.1. The van der Waals surface area contributed by atoms with Gasteiger partial charge in [-0.2, -0.15) is 0 Å². The van der Waals surface area contributed by atoms with Crippen molar-refractivity contribution in [3.8, 4) is 0 Å². The molecule has 17 heavy (non-hydrogen) atoms. The van der Waals surface area contributed by atoms with E-state index in [4.69, 9.17) is 22.4 Å². The van der Waals surface area contributed by atoms with Crippen molar-refractivity contribution >= 4 is 17.6 Å². The molecule has 0 saturated carbocycles. The van der Waals surface area contributed by atoms with Gasteiger partial charge in [0.1, 0.15) is 0 Å². The minimum absolute atomic E-state index is 0.0154. The topological polar surface area (TPSA) is 63.3 Å². The van der Waals surface area contributed by atoms with Crippen LogP contribution in [0.2, 0.25) is 5.02 Å². The zero-order valence-corrected chi connectivity index (χ0v) is 10.9. The maximum Gasteiger partial charge on any atom is 0.304 e. The number of nitrogens with two attached hydrogens (primary N) is 1. The number of rotatable bonds is 5. The van der Waals surface area contributed by atoms with Gasteiger partial charge in [0.15, 0.2) is 0 Å². The summed E-state index contributed by atoms with van der Waals surface area (Å²) in [6.07, 6.45) is 0.679. The summed E-state index contributed by atoms with van der Waals surface area (Å²) < 4.78 is 0. The highest BCUT2D eigenvalue weighted by Crippen LogP contribution is 2.35. The molecule has 1 aromatic carbocycles. The van der Waals surface area contributed by atoms with Crippen LogP contribution in [0.15, 0.2) is 24.3 Å². The monoisotopic (exact) mass is 255 g/mol. The average molecular weight is 256 g/mol. The van der Waals surface area contributed by atoms with E-state index in [1.54, 1.807) is 12.1 Å². The van der Waals surface area contributed by atoms with Gasteiger partial charge >= 0.3 is 5.97 Å². The Bertz CT molecular complexity index is 406. The normalized spacial score (nSPS) is 16.2. The molecule has 0 saturated heterocycles. The van der Waals surface area contributed by atoms with Crippen LogP contribution in [-0.4, -0.2) is 17.1 Å². The molecule has 1 aromatic rings. The highest BCUT2D eigenvalue weighted by Gasteiger charge is 2.36. The van der Waals surface area contributed by atoms with Gasteiger partial charge in [-0.15, -0.1) is 0 Å². The van der Waals surface area contributed by atoms with E-state index in [0.29, 0.717) is 11.4 Å². The maximum absolute atomic E-state index is 11.0. The quantitative estimate of drug-likeness (QED) is 0.850. The van der Waals surface area contributed by atoms with Crippen LogP contribution in [0, 0.1) is 0 Å². The summed E-state index contributed by atoms with van der Waals surface area (Å²) in [7, 11) is 0. The van der Waals surface area contributed by atoms with Crippen LogP contribution in [0.25, 0.3) is 0 Å². The second kappa shape index (κ2) is 5.52. The van der Waals surface area contributed by atoms with Crippen molar-refractivity contribution in [1.29, 1.82) is 0 Å². The molecule has 0 fully saturated rings. The molecule has 0 aliphatic carbocycles. The second-order valence-corrected chi connectivity index (χ2v) is 4.82. The summed E-state index contributed by atoms with van der Waals surface area (Å²) in [5.74, 6) is -0.843. The van der Waals surface area contributed by atoms with Crippen LogP contribution < -0.4 is 5.73 Å². The predicted octanol–water partition coefficient (Wildman–Crippen LogP) is 2.81. The average Bonchev–Trinajstić information content (AvgIpc) is 2.25. The number of halogens is 1. The Morgan fingerprint density at radius 2 is 2.24 bits per heavy atom. The SMILES string of the molecule is CCC(CC(=O)O)(c1cccc(Cl)c1)C(C)N. The molecule has 4 heteroatoms. The van der Waals surface area contributed by atoms with Gasteiger partial charge in [-0.3, -0.25) is 4.79 Å². The summed E-state index contributed by atoms with van der Waals surface area (Å²) in [4.78, 5) is 11.0. The first kappa shape index (κ1) is 14.0. The van der Waals surface area contributed by atoms with E-state index < -0.39 is 11.4 Å². The fraction of sp³-hybridized carbons (Fsp3) is 0.462. The number of carboxylic acid groups (broad SMARTS) is 1. The zero-order valence-electron chi connectivity index (χ0n) is 10.1. The van der Waals surface area contributed by atoms with E-state index in [1.165, 1.54) is 0 Å². The van der Waals surface area contributed by atoms with Crippen molar-refractivity contribution in [3.05, 3.63) is 34.9 Å². The summed E-state index contributed by atoms with van der Waals surface area (Å²) in [5.41, 5.74) is 6.34.